The van der Waals surface area contributed by atoms with Gasteiger partial charge in [-0.3, -0.25) is 0 Å². The van der Waals surface area contributed by atoms with Crippen LogP contribution in [0.5, 0.6) is 0 Å². The first-order valence-corrected chi connectivity index (χ1v) is 7.74. The Morgan fingerprint density at radius 1 is 1.47 bits per heavy atom. The van der Waals surface area contributed by atoms with Gasteiger partial charge in [-0.2, -0.15) is 0 Å². The number of nitrogen functional groups attached to an aromatic ring is 1. The monoisotopic (exact) mass is 306 g/mol. The third kappa shape index (κ3) is 4.07. The summed E-state index contributed by atoms with van der Waals surface area (Å²) in [5, 5.41) is 0.295. The lowest BCUT2D eigenvalue weighted by molar-refractivity contribution is 0.173. The molecule has 0 radical (unpaired) electrons. The van der Waals surface area contributed by atoms with Crippen LogP contribution in [0, 0.1) is 6.92 Å². The second-order valence-electron chi connectivity index (χ2n) is 4.30. The Bertz CT molecular complexity index is 546. The number of rotatable bonds is 6. The van der Waals surface area contributed by atoms with Gasteiger partial charge in [0.1, 0.15) is 0 Å². The summed E-state index contributed by atoms with van der Waals surface area (Å²) in [5.74, 6) is 0. The molecule has 1 rings (SSSR count). The Kier molecular flexibility index (Phi) is 5.61. The van der Waals surface area contributed by atoms with E-state index in [4.69, 9.17) is 22.1 Å². The van der Waals surface area contributed by atoms with E-state index in [-0.39, 0.29) is 10.9 Å². The maximum Gasteiger partial charge on any atom is 0.241 e. The van der Waals surface area contributed by atoms with Crippen LogP contribution in [-0.2, 0) is 14.8 Å². The fraction of sp³-hybridized carbons (Fsp3) is 0.500. The van der Waals surface area contributed by atoms with Gasteiger partial charge in [0, 0.05) is 23.9 Å². The van der Waals surface area contributed by atoms with Crippen molar-refractivity contribution in [2.45, 2.75) is 31.2 Å². The fourth-order valence-electron chi connectivity index (χ4n) is 1.67. The molecule has 7 heteroatoms. The molecule has 19 heavy (non-hydrogen) atoms. The number of anilines is 1. The summed E-state index contributed by atoms with van der Waals surface area (Å²) in [5.41, 5.74) is 6.58. The third-order valence-corrected chi connectivity index (χ3v) is 4.70. The van der Waals surface area contributed by atoms with Crippen LogP contribution in [0.15, 0.2) is 17.0 Å². The Morgan fingerprint density at radius 3 is 2.63 bits per heavy atom. The van der Waals surface area contributed by atoms with Crippen LogP contribution in [0.25, 0.3) is 0 Å². The Morgan fingerprint density at radius 2 is 2.11 bits per heavy atom. The molecular weight excluding hydrogens is 288 g/mol. The zero-order chi connectivity index (χ0) is 14.6. The van der Waals surface area contributed by atoms with E-state index in [0.717, 1.165) is 0 Å². The van der Waals surface area contributed by atoms with Crippen molar-refractivity contribution in [3.8, 4) is 0 Å². The number of benzene rings is 1. The van der Waals surface area contributed by atoms with Crippen LogP contribution in [-0.4, -0.2) is 28.2 Å². The first-order valence-electron chi connectivity index (χ1n) is 5.88. The van der Waals surface area contributed by atoms with Gasteiger partial charge < -0.3 is 10.5 Å². The van der Waals surface area contributed by atoms with Crippen molar-refractivity contribution in [2.24, 2.45) is 0 Å². The molecule has 1 atom stereocenters. The SMILES string of the molecule is CCC(COC)NS(=O)(=O)c1cc(Cl)cc(N)c1C. The number of halogens is 1. The molecule has 0 saturated carbocycles. The maximum absolute atomic E-state index is 12.3. The molecule has 0 amide bonds. The molecular formula is C12H19ClN2O3S. The summed E-state index contributed by atoms with van der Waals surface area (Å²) < 4.78 is 32.2. The molecule has 3 N–H and O–H groups in total. The Balaban J connectivity index is 3.13. The van der Waals surface area contributed by atoms with Gasteiger partial charge in [0.25, 0.3) is 0 Å². The largest absolute Gasteiger partial charge is 0.398 e. The van der Waals surface area contributed by atoms with E-state index < -0.39 is 10.0 Å². The van der Waals surface area contributed by atoms with E-state index >= 15 is 0 Å². The molecule has 1 aromatic carbocycles. The second-order valence-corrected chi connectivity index (χ2v) is 6.42. The average molecular weight is 307 g/mol. The number of nitrogens with two attached hydrogens (primary N) is 1. The van der Waals surface area contributed by atoms with E-state index in [0.29, 0.717) is 29.3 Å². The molecule has 1 aromatic rings. The van der Waals surface area contributed by atoms with Crippen molar-refractivity contribution in [1.29, 1.82) is 0 Å². The first kappa shape index (κ1) is 16.2. The molecule has 1 unspecified atom stereocenters. The number of nitrogens with one attached hydrogen (secondary N) is 1. The zero-order valence-electron chi connectivity index (χ0n) is 11.2. The van der Waals surface area contributed by atoms with E-state index in [1.54, 1.807) is 6.92 Å². The molecule has 0 heterocycles. The van der Waals surface area contributed by atoms with Crippen LogP contribution >= 0.6 is 11.6 Å². The number of hydrogen-bond acceptors (Lipinski definition) is 4. The first-order chi connectivity index (χ1) is 8.81. The minimum atomic E-state index is -3.66. The average Bonchev–Trinajstić information content (AvgIpc) is 2.32. The lowest BCUT2D eigenvalue weighted by Gasteiger charge is -2.18. The fourth-order valence-corrected chi connectivity index (χ4v) is 3.57. The van der Waals surface area contributed by atoms with Crippen LogP contribution in [0.4, 0.5) is 5.69 Å². The lowest BCUT2D eigenvalue weighted by Crippen LogP contribution is -2.37. The number of hydrogen-bond donors (Lipinski definition) is 2. The number of methoxy groups -OCH3 is 1. The van der Waals surface area contributed by atoms with Gasteiger partial charge >= 0.3 is 0 Å². The van der Waals surface area contributed by atoms with Gasteiger partial charge in [-0.05, 0) is 31.0 Å². The quantitative estimate of drug-likeness (QED) is 0.787. The van der Waals surface area contributed by atoms with Crippen LogP contribution < -0.4 is 10.5 Å². The van der Waals surface area contributed by atoms with Crippen molar-refractivity contribution in [1.82, 2.24) is 4.72 Å². The molecule has 0 bridgehead atoms. The second kappa shape index (κ2) is 6.56. The zero-order valence-corrected chi connectivity index (χ0v) is 12.8. The summed E-state index contributed by atoms with van der Waals surface area (Å²) in [4.78, 5) is 0.104. The summed E-state index contributed by atoms with van der Waals surface area (Å²) in [6.45, 7) is 3.84. The summed E-state index contributed by atoms with van der Waals surface area (Å²) >= 11 is 5.86. The van der Waals surface area contributed by atoms with Gasteiger partial charge in [0.15, 0.2) is 0 Å². The maximum atomic E-state index is 12.3. The molecule has 0 aliphatic heterocycles. The predicted octanol–water partition coefficient (Wildman–Crippen LogP) is 1.93. The third-order valence-electron chi connectivity index (χ3n) is 2.84. The molecule has 0 aliphatic rings. The summed E-state index contributed by atoms with van der Waals surface area (Å²) in [6.07, 6.45) is 0.627. The van der Waals surface area contributed by atoms with E-state index in [9.17, 15) is 8.42 Å². The molecule has 0 saturated heterocycles. The highest BCUT2D eigenvalue weighted by molar-refractivity contribution is 7.89. The van der Waals surface area contributed by atoms with Crippen LogP contribution in [0.1, 0.15) is 18.9 Å². The van der Waals surface area contributed by atoms with E-state index in [1.807, 2.05) is 6.92 Å². The van der Waals surface area contributed by atoms with Gasteiger partial charge in [0.05, 0.1) is 11.5 Å². The van der Waals surface area contributed by atoms with Crippen molar-refractivity contribution >= 4 is 27.3 Å². The highest BCUT2D eigenvalue weighted by Crippen LogP contribution is 2.26. The molecule has 0 aromatic heterocycles. The molecule has 0 aliphatic carbocycles. The minimum Gasteiger partial charge on any atom is -0.398 e. The highest BCUT2D eigenvalue weighted by Gasteiger charge is 2.22. The lowest BCUT2D eigenvalue weighted by atomic mass is 10.2. The van der Waals surface area contributed by atoms with Gasteiger partial charge in [-0.25, -0.2) is 13.1 Å². The molecule has 0 spiro atoms. The van der Waals surface area contributed by atoms with Gasteiger partial charge in [-0.1, -0.05) is 18.5 Å². The summed E-state index contributed by atoms with van der Waals surface area (Å²) in [6, 6.07) is 2.65. The molecule has 5 nitrogen and oxygen atoms in total. The van der Waals surface area contributed by atoms with Gasteiger partial charge in [-0.15, -0.1) is 0 Å². The summed E-state index contributed by atoms with van der Waals surface area (Å²) in [7, 11) is -2.14. The predicted molar refractivity (Wildman–Crippen MR) is 76.9 cm³/mol. The van der Waals surface area contributed by atoms with Gasteiger partial charge in [0.2, 0.25) is 10.0 Å². The normalized spacial score (nSPS) is 13.5. The van der Waals surface area contributed by atoms with Crippen molar-refractivity contribution in [2.75, 3.05) is 19.5 Å². The van der Waals surface area contributed by atoms with Crippen molar-refractivity contribution < 1.29 is 13.2 Å². The van der Waals surface area contributed by atoms with Crippen LogP contribution in [0.2, 0.25) is 5.02 Å². The molecule has 0 fully saturated rings. The van der Waals surface area contributed by atoms with Crippen LogP contribution in [0.3, 0.4) is 0 Å². The van der Waals surface area contributed by atoms with E-state index in [2.05, 4.69) is 4.72 Å². The Hall–Kier alpha value is -0.820. The standard InChI is InChI=1S/C12H19ClN2O3S/c1-4-10(7-18-3)15-19(16,17)12-6-9(13)5-11(14)8(12)2/h5-6,10,15H,4,7,14H2,1-3H3. The molecule has 108 valence electrons. The Labute approximate surface area is 119 Å². The number of sulfonamides is 1. The van der Waals surface area contributed by atoms with Crippen molar-refractivity contribution in [3.63, 3.8) is 0 Å². The number of ether oxygens (including phenoxy) is 1. The minimum absolute atomic E-state index is 0.104. The highest BCUT2D eigenvalue weighted by atomic mass is 35.5. The van der Waals surface area contributed by atoms with Crippen molar-refractivity contribution in [3.05, 3.63) is 22.7 Å². The topological polar surface area (TPSA) is 81.4 Å². The van der Waals surface area contributed by atoms with E-state index in [1.165, 1.54) is 19.2 Å². The smallest absolute Gasteiger partial charge is 0.241 e.